The Labute approximate surface area is 145 Å². The summed E-state index contributed by atoms with van der Waals surface area (Å²) in [6, 6.07) is 16.6. The minimum atomic E-state index is -0.828. The van der Waals surface area contributed by atoms with Crippen molar-refractivity contribution >= 4 is 6.08 Å². The van der Waals surface area contributed by atoms with Crippen molar-refractivity contribution in [3.05, 3.63) is 76.9 Å². The standard InChI is InChI=1S/C22H28O2/c1-5-9-17-10-8-12-19(16-17)21(24-4)15-14-18-11-6-7-13-20(18)22(2,3)23/h5-13,16,21,23H,14-15H2,1-4H3/b9-5+/t21-/m0/s1. The summed E-state index contributed by atoms with van der Waals surface area (Å²) in [6.45, 7) is 5.69. The Morgan fingerprint density at radius 3 is 2.54 bits per heavy atom. The average molecular weight is 324 g/mol. The molecule has 0 saturated heterocycles. The molecule has 2 aromatic carbocycles. The van der Waals surface area contributed by atoms with Crippen molar-refractivity contribution in [3.63, 3.8) is 0 Å². The molecule has 0 fully saturated rings. The van der Waals surface area contributed by atoms with E-state index in [1.165, 1.54) is 16.7 Å². The van der Waals surface area contributed by atoms with E-state index in [9.17, 15) is 5.11 Å². The lowest BCUT2D eigenvalue weighted by Gasteiger charge is -2.23. The number of hydrogen-bond acceptors (Lipinski definition) is 2. The lowest BCUT2D eigenvalue weighted by atomic mass is 9.90. The van der Waals surface area contributed by atoms with Crippen LogP contribution >= 0.6 is 0 Å². The van der Waals surface area contributed by atoms with Crippen LogP contribution in [0.25, 0.3) is 6.08 Å². The Hall–Kier alpha value is -1.90. The van der Waals surface area contributed by atoms with Crippen molar-refractivity contribution in [1.82, 2.24) is 0 Å². The van der Waals surface area contributed by atoms with Gasteiger partial charge in [-0.15, -0.1) is 0 Å². The Morgan fingerprint density at radius 2 is 1.88 bits per heavy atom. The first-order chi connectivity index (χ1) is 11.5. The van der Waals surface area contributed by atoms with E-state index in [1.54, 1.807) is 7.11 Å². The number of aliphatic hydroxyl groups is 1. The highest BCUT2D eigenvalue weighted by molar-refractivity contribution is 5.50. The van der Waals surface area contributed by atoms with Crippen LogP contribution < -0.4 is 0 Å². The molecule has 2 nitrogen and oxygen atoms in total. The quantitative estimate of drug-likeness (QED) is 0.752. The molecule has 1 N–H and O–H groups in total. The molecule has 2 heteroatoms. The SMILES string of the molecule is C/C=C/c1cccc([C@H](CCc2ccccc2C(C)(C)O)OC)c1. The van der Waals surface area contributed by atoms with Crippen molar-refractivity contribution in [2.45, 2.75) is 45.3 Å². The molecule has 2 aromatic rings. The van der Waals surface area contributed by atoms with Crippen LogP contribution in [0.2, 0.25) is 0 Å². The van der Waals surface area contributed by atoms with Crippen LogP contribution in [0.1, 0.15) is 55.5 Å². The van der Waals surface area contributed by atoms with Gasteiger partial charge in [0.15, 0.2) is 0 Å². The summed E-state index contributed by atoms with van der Waals surface area (Å²) in [6.07, 6.45) is 5.93. The van der Waals surface area contributed by atoms with Gasteiger partial charge in [0.2, 0.25) is 0 Å². The van der Waals surface area contributed by atoms with Crippen LogP contribution in [0.4, 0.5) is 0 Å². The van der Waals surface area contributed by atoms with Crippen LogP contribution in [-0.2, 0) is 16.8 Å². The molecule has 128 valence electrons. The highest BCUT2D eigenvalue weighted by Gasteiger charge is 2.20. The van der Waals surface area contributed by atoms with Gasteiger partial charge in [-0.3, -0.25) is 0 Å². The minimum Gasteiger partial charge on any atom is -0.386 e. The van der Waals surface area contributed by atoms with Crippen LogP contribution in [-0.4, -0.2) is 12.2 Å². The fourth-order valence-electron chi connectivity index (χ4n) is 3.10. The number of ether oxygens (including phenoxy) is 1. The van der Waals surface area contributed by atoms with Gasteiger partial charge in [-0.05, 0) is 61.9 Å². The average Bonchev–Trinajstić information content (AvgIpc) is 2.56. The van der Waals surface area contributed by atoms with Crippen LogP contribution in [0.5, 0.6) is 0 Å². The smallest absolute Gasteiger partial charge is 0.0843 e. The predicted octanol–water partition coefficient (Wildman–Crippen LogP) is 5.27. The highest BCUT2D eigenvalue weighted by atomic mass is 16.5. The Kier molecular flexibility index (Phi) is 6.36. The van der Waals surface area contributed by atoms with Gasteiger partial charge in [-0.2, -0.15) is 0 Å². The van der Waals surface area contributed by atoms with Crippen molar-refractivity contribution in [1.29, 1.82) is 0 Å². The lowest BCUT2D eigenvalue weighted by molar-refractivity contribution is 0.0760. The summed E-state index contributed by atoms with van der Waals surface area (Å²) in [4.78, 5) is 0. The summed E-state index contributed by atoms with van der Waals surface area (Å²) >= 11 is 0. The summed E-state index contributed by atoms with van der Waals surface area (Å²) < 4.78 is 5.73. The molecule has 0 aliphatic rings. The normalized spacial score (nSPS) is 13.4. The molecule has 0 unspecified atom stereocenters. The topological polar surface area (TPSA) is 29.5 Å². The van der Waals surface area contributed by atoms with E-state index in [4.69, 9.17) is 4.74 Å². The Balaban J connectivity index is 2.17. The van der Waals surface area contributed by atoms with Gasteiger partial charge in [-0.1, -0.05) is 54.6 Å². The van der Waals surface area contributed by atoms with E-state index in [0.29, 0.717) is 0 Å². The van der Waals surface area contributed by atoms with Crippen molar-refractivity contribution in [2.24, 2.45) is 0 Å². The number of benzene rings is 2. The van der Waals surface area contributed by atoms with Gasteiger partial charge in [0.05, 0.1) is 11.7 Å². The minimum absolute atomic E-state index is 0.0464. The molecule has 24 heavy (non-hydrogen) atoms. The number of rotatable bonds is 7. The second-order valence-corrected chi connectivity index (χ2v) is 6.65. The van der Waals surface area contributed by atoms with Crippen LogP contribution in [0, 0.1) is 0 Å². The van der Waals surface area contributed by atoms with E-state index >= 15 is 0 Å². The third-order valence-corrected chi connectivity index (χ3v) is 4.28. The third-order valence-electron chi connectivity index (χ3n) is 4.28. The third kappa shape index (κ3) is 4.80. The van der Waals surface area contributed by atoms with Gasteiger partial charge in [0.1, 0.15) is 0 Å². The van der Waals surface area contributed by atoms with Gasteiger partial charge < -0.3 is 9.84 Å². The zero-order valence-corrected chi connectivity index (χ0v) is 15.1. The van der Waals surface area contributed by atoms with Gasteiger partial charge in [0.25, 0.3) is 0 Å². The molecule has 0 saturated carbocycles. The molecule has 0 aromatic heterocycles. The first-order valence-corrected chi connectivity index (χ1v) is 8.52. The number of hydrogen-bond donors (Lipinski definition) is 1. The molecule has 0 heterocycles. The fraction of sp³-hybridized carbons (Fsp3) is 0.364. The fourth-order valence-corrected chi connectivity index (χ4v) is 3.10. The van der Waals surface area contributed by atoms with Crippen LogP contribution in [0.15, 0.2) is 54.6 Å². The lowest BCUT2D eigenvalue weighted by Crippen LogP contribution is -2.18. The summed E-state index contributed by atoms with van der Waals surface area (Å²) in [5.41, 5.74) is 3.72. The second-order valence-electron chi connectivity index (χ2n) is 6.65. The molecule has 0 radical (unpaired) electrons. The van der Waals surface area contributed by atoms with E-state index in [1.807, 2.05) is 45.0 Å². The Bertz CT molecular complexity index is 680. The van der Waals surface area contributed by atoms with E-state index in [-0.39, 0.29) is 6.10 Å². The second kappa shape index (κ2) is 8.27. The number of aryl methyl sites for hydroxylation is 1. The molecule has 0 spiro atoms. The Morgan fingerprint density at radius 1 is 1.12 bits per heavy atom. The first kappa shape index (κ1) is 18.4. The molecule has 0 bridgehead atoms. The zero-order valence-electron chi connectivity index (χ0n) is 15.1. The van der Waals surface area contributed by atoms with Crippen molar-refractivity contribution in [2.75, 3.05) is 7.11 Å². The molecule has 0 aliphatic heterocycles. The first-order valence-electron chi connectivity index (χ1n) is 8.52. The molecule has 0 amide bonds. The van der Waals surface area contributed by atoms with Gasteiger partial charge in [-0.25, -0.2) is 0 Å². The maximum atomic E-state index is 10.4. The van der Waals surface area contributed by atoms with Gasteiger partial charge in [0, 0.05) is 7.11 Å². The number of methoxy groups -OCH3 is 1. The summed E-state index contributed by atoms with van der Waals surface area (Å²) in [5, 5.41) is 10.4. The predicted molar refractivity (Wildman–Crippen MR) is 101 cm³/mol. The van der Waals surface area contributed by atoms with E-state index < -0.39 is 5.60 Å². The maximum Gasteiger partial charge on any atom is 0.0843 e. The monoisotopic (exact) mass is 324 g/mol. The largest absolute Gasteiger partial charge is 0.386 e. The molecule has 2 rings (SSSR count). The zero-order chi connectivity index (χ0) is 17.6. The van der Waals surface area contributed by atoms with Crippen molar-refractivity contribution < 1.29 is 9.84 Å². The molecular formula is C22H28O2. The molecule has 1 atom stereocenters. The molecule has 0 aliphatic carbocycles. The van der Waals surface area contributed by atoms with Crippen LogP contribution in [0.3, 0.4) is 0 Å². The summed E-state index contributed by atoms with van der Waals surface area (Å²) in [5.74, 6) is 0. The van der Waals surface area contributed by atoms with E-state index in [2.05, 4.69) is 36.4 Å². The molecular weight excluding hydrogens is 296 g/mol. The highest BCUT2D eigenvalue weighted by Crippen LogP contribution is 2.28. The van der Waals surface area contributed by atoms with E-state index in [0.717, 1.165) is 18.4 Å². The maximum absolute atomic E-state index is 10.4. The van der Waals surface area contributed by atoms with Crippen molar-refractivity contribution in [3.8, 4) is 0 Å². The summed E-state index contributed by atoms with van der Waals surface area (Å²) in [7, 11) is 1.76. The number of allylic oxidation sites excluding steroid dienone is 1. The van der Waals surface area contributed by atoms with Gasteiger partial charge >= 0.3 is 0 Å².